The SMILES string of the molecule is CC1(C)CCN(C(=O)c2ccnc(NN)c2F)CCS1. The van der Waals surface area contributed by atoms with Gasteiger partial charge in [0.25, 0.3) is 5.91 Å². The van der Waals surface area contributed by atoms with Crippen LogP contribution in [-0.4, -0.2) is 39.4 Å². The van der Waals surface area contributed by atoms with Crippen LogP contribution in [0.25, 0.3) is 0 Å². The van der Waals surface area contributed by atoms with Gasteiger partial charge in [0.15, 0.2) is 11.6 Å². The standard InChI is InChI=1S/C13H19FN4OS/c1-13(2)4-6-18(7-8-20-13)12(19)9-3-5-16-11(17-15)10(9)14/h3,5H,4,6-8,15H2,1-2H3,(H,16,17). The number of hydrazine groups is 1. The molecule has 0 saturated carbocycles. The number of nitrogens with zero attached hydrogens (tertiary/aromatic N) is 2. The molecule has 110 valence electrons. The number of carbonyl (C=O) groups is 1. The number of anilines is 1. The van der Waals surface area contributed by atoms with Crippen molar-refractivity contribution in [1.29, 1.82) is 0 Å². The Balaban J connectivity index is 2.19. The summed E-state index contributed by atoms with van der Waals surface area (Å²) in [6.07, 6.45) is 2.26. The molecular formula is C13H19FN4OS. The summed E-state index contributed by atoms with van der Waals surface area (Å²) >= 11 is 1.84. The predicted molar refractivity (Wildman–Crippen MR) is 79.1 cm³/mol. The van der Waals surface area contributed by atoms with Crippen LogP contribution in [0.5, 0.6) is 0 Å². The third-order valence-electron chi connectivity index (χ3n) is 3.38. The molecule has 1 amide bonds. The highest BCUT2D eigenvalue weighted by molar-refractivity contribution is 8.00. The predicted octanol–water partition coefficient (Wildman–Crippen LogP) is 1.86. The molecule has 1 aliphatic heterocycles. The summed E-state index contributed by atoms with van der Waals surface area (Å²) in [6, 6.07) is 1.39. The number of nitrogens with two attached hydrogens (primary N) is 1. The Morgan fingerprint density at radius 2 is 2.30 bits per heavy atom. The van der Waals surface area contributed by atoms with Crippen LogP contribution in [0.1, 0.15) is 30.6 Å². The topological polar surface area (TPSA) is 71.2 Å². The summed E-state index contributed by atoms with van der Waals surface area (Å²) in [5, 5.41) is 0. The number of nitrogen functional groups attached to an aromatic ring is 1. The Morgan fingerprint density at radius 1 is 1.55 bits per heavy atom. The molecule has 0 atom stereocenters. The van der Waals surface area contributed by atoms with Crippen molar-refractivity contribution in [1.82, 2.24) is 9.88 Å². The first-order valence-electron chi connectivity index (χ1n) is 6.49. The van der Waals surface area contributed by atoms with E-state index in [1.165, 1.54) is 12.3 Å². The van der Waals surface area contributed by atoms with Crippen LogP contribution in [-0.2, 0) is 0 Å². The van der Waals surface area contributed by atoms with E-state index in [1.54, 1.807) is 4.90 Å². The summed E-state index contributed by atoms with van der Waals surface area (Å²) in [6.45, 7) is 5.58. The average Bonchev–Trinajstić information content (AvgIpc) is 2.59. The van der Waals surface area contributed by atoms with Gasteiger partial charge in [0.2, 0.25) is 0 Å². The number of hydrogen-bond donors (Lipinski definition) is 2. The summed E-state index contributed by atoms with van der Waals surface area (Å²) in [5.74, 6) is 4.92. The minimum absolute atomic E-state index is 0.0117. The Bertz CT molecular complexity index is 509. The van der Waals surface area contributed by atoms with Gasteiger partial charge in [-0.05, 0) is 12.5 Å². The summed E-state index contributed by atoms with van der Waals surface area (Å²) in [5.41, 5.74) is 2.17. The molecule has 0 aromatic carbocycles. The van der Waals surface area contributed by atoms with Crippen LogP contribution in [0.4, 0.5) is 10.2 Å². The first-order valence-corrected chi connectivity index (χ1v) is 7.47. The maximum absolute atomic E-state index is 14.1. The number of amides is 1. The number of thioether (sulfide) groups is 1. The van der Waals surface area contributed by atoms with Gasteiger partial charge in [0.05, 0.1) is 5.56 Å². The molecule has 0 bridgehead atoms. The quantitative estimate of drug-likeness (QED) is 0.644. The van der Waals surface area contributed by atoms with Crippen molar-refractivity contribution >= 4 is 23.5 Å². The summed E-state index contributed by atoms with van der Waals surface area (Å²) in [7, 11) is 0. The molecule has 0 unspecified atom stereocenters. The van der Waals surface area contributed by atoms with Gasteiger partial charge in [-0.15, -0.1) is 0 Å². The van der Waals surface area contributed by atoms with Crippen LogP contribution in [0.2, 0.25) is 0 Å². The van der Waals surface area contributed by atoms with Gasteiger partial charge in [-0.3, -0.25) is 4.79 Å². The van der Waals surface area contributed by atoms with E-state index in [9.17, 15) is 9.18 Å². The highest BCUT2D eigenvalue weighted by Crippen LogP contribution is 2.31. The van der Waals surface area contributed by atoms with Crippen molar-refractivity contribution in [3.8, 4) is 0 Å². The Morgan fingerprint density at radius 3 is 3.00 bits per heavy atom. The number of halogens is 1. The van der Waals surface area contributed by atoms with E-state index < -0.39 is 5.82 Å². The van der Waals surface area contributed by atoms with Gasteiger partial charge in [-0.2, -0.15) is 11.8 Å². The lowest BCUT2D eigenvalue weighted by molar-refractivity contribution is 0.0760. The first kappa shape index (κ1) is 15.1. The highest BCUT2D eigenvalue weighted by Gasteiger charge is 2.28. The molecule has 0 aliphatic carbocycles. The second kappa shape index (κ2) is 5.97. The van der Waals surface area contributed by atoms with Crippen LogP contribution in [0.3, 0.4) is 0 Å². The van der Waals surface area contributed by atoms with Gasteiger partial charge in [-0.25, -0.2) is 15.2 Å². The van der Waals surface area contributed by atoms with Gasteiger partial charge in [0.1, 0.15) is 0 Å². The van der Waals surface area contributed by atoms with E-state index >= 15 is 0 Å². The fourth-order valence-electron chi connectivity index (χ4n) is 2.10. The fraction of sp³-hybridized carbons (Fsp3) is 0.538. The molecule has 1 fully saturated rings. The number of carbonyl (C=O) groups excluding carboxylic acids is 1. The smallest absolute Gasteiger partial charge is 0.257 e. The third-order valence-corrected chi connectivity index (χ3v) is 4.75. The summed E-state index contributed by atoms with van der Waals surface area (Å²) < 4.78 is 14.2. The van der Waals surface area contributed by atoms with Crippen LogP contribution >= 0.6 is 11.8 Å². The lowest BCUT2D eigenvalue weighted by atomic mass is 10.1. The van der Waals surface area contributed by atoms with Crippen molar-refractivity contribution in [2.24, 2.45) is 5.84 Å². The van der Waals surface area contributed by atoms with E-state index in [-0.39, 0.29) is 22.0 Å². The van der Waals surface area contributed by atoms with Crippen molar-refractivity contribution in [2.45, 2.75) is 25.0 Å². The summed E-state index contributed by atoms with van der Waals surface area (Å²) in [4.78, 5) is 17.9. The average molecular weight is 298 g/mol. The number of nitrogens with one attached hydrogen (secondary N) is 1. The van der Waals surface area contributed by atoms with Crippen molar-refractivity contribution in [2.75, 3.05) is 24.3 Å². The van der Waals surface area contributed by atoms with Gasteiger partial charge < -0.3 is 10.3 Å². The van der Waals surface area contributed by atoms with E-state index in [1.807, 2.05) is 11.8 Å². The van der Waals surface area contributed by atoms with E-state index in [0.29, 0.717) is 13.1 Å². The number of aromatic nitrogens is 1. The van der Waals surface area contributed by atoms with Crippen LogP contribution < -0.4 is 11.3 Å². The molecule has 0 spiro atoms. The Hall–Kier alpha value is -1.34. The van der Waals surface area contributed by atoms with Crippen LogP contribution in [0, 0.1) is 5.82 Å². The lowest BCUT2D eigenvalue weighted by Crippen LogP contribution is -2.34. The van der Waals surface area contributed by atoms with Crippen molar-refractivity contribution < 1.29 is 9.18 Å². The van der Waals surface area contributed by atoms with Crippen molar-refractivity contribution in [3.63, 3.8) is 0 Å². The van der Waals surface area contributed by atoms with Gasteiger partial charge in [-0.1, -0.05) is 13.8 Å². The molecule has 5 nitrogen and oxygen atoms in total. The van der Waals surface area contributed by atoms with E-state index in [2.05, 4.69) is 24.3 Å². The molecule has 7 heteroatoms. The van der Waals surface area contributed by atoms with E-state index in [4.69, 9.17) is 5.84 Å². The third kappa shape index (κ3) is 3.21. The number of rotatable bonds is 2. The Kier molecular flexibility index (Phi) is 4.49. The second-order valence-corrected chi connectivity index (χ2v) is 7.12. The zero-order valence-electron chi connectivity index (χ0n) is 11.6. The lowest BCUT2D eigenvalue weighted by Gasteiger charge is -2.23. The molecule has 2 rings (SSSR count). The second-order valence-electron chi connectivity index (χ2n) is 5.32. The van der Waals surface area contributed by atoms with Crippen molar-refractivity contribution in [3.05, 3.63) is 23.6 Å². The molecule has 0 radical (unpaired) electrons. The largest absolute Gasteiger partial charge is 0.338 e. The minimum Gasteiger partial charge on any atom is -0.338 e. The molecule has 1 aromatic rings. The molecule has 3 N–H and O–H groups in total. The first-order chi connectivity index (χ1) is 9.44. The zero-order chi connectivity index (χ0) is 14.8. The molecular weight excluding hydrogens is 279 g/mol. The molecule has 1 aliphatic rings. The molecule has 1 aromatic heterocycles. The number of pyridine rings is 1. The molecule has 2 heterocycles. The molecule has 1 saturated heterocycles. The van der Waals surface area contributed by atoms with Gasteiger partial charge in [0, 0.05) is 29.8 Å². The maximum atomic E-state index is 14.1. The number of hydrogen-bond acceptors (Lipinski definition) is 5. The highest BCUT2D eigenvalue weighted by atomic mass is 32.2. The minimum atomic E-state index is -0.698. The van der Waals surface area contributed by atoms with Gasteiger partial charge >= 0.3 is 0 Å². The zero-order valence-corrected chi connectivity index (χ0v) is 12.5. The fourth-order valence-corrected chi connectivity index (χ4v) is 3.20. The Labute approximate surface area is 122 Å². The monoisotopic (exact) mass is 298 g/mol. The maximum Gasteiger partial charge on any atom is 0.257 e. The van der Waals surface area contributed by atoms with Crippen LogP contribution in [0.15, 0.2) is 12.3 Å². The van der Waals surface area contributed by atoms with E-state index in [0.717, 1.165) is 12.2 Å². The molecule has 20 heavy (non-hydrogen) atoms. The normalized spacial score (nSPS) is 18.5.